The number of amides is 1. The molecule has 2 saturated carbocycles. The van der Waals surface area contributed by atoms with Crippen LogP contribution < -0.4 is 10.5 Å². The van der Waals surface area contributed by atoms with E-state index in [1.807, 2.05) is 18.2 Å². The number of hydrogen-bond donors (Lipinski definition) is 5. The summed E-state index contributed by atoms with van der Waals surface area (Å²) in [4.78, 5) is 40.5. The highest BCUT2D eigenvalue weighted by atomic mass is 16.5. The van der Waals surface area contributed by atoms with Crippen molar-refractivity contribution in [1.29, 1.82) is 0 Å². The highest BCUT2D eigenvalue weighted by molar-refractivity contribution is 6.23. The largest absolute Gasteiger partial charge is 0.508 e. The van der Waals surface area contributed by atoms with Crippen molar-refractivity contribution >= 4 is 34.0 Å². The van der Waals surface area contributed by atoms with Gasteiger partial charge in [-0.2, -0.15) is 0 Å². The minimum Gasteiger partial charge on any atom is -0.508 e. The summed E-state index contributed by atoms with van der Waals surface area (Å²) in [6, 6.07) is 5.81. The Morgan fingerprint density at radius 1 is 1.09 bits per heavy atom. The molecule has 10 nitrogen and oxygen atoms in total. The predicted molar refractivity (Wildman–Crippen MR) is 159 cm³/mol. The molecule has 6 N–H and O–H groups in total. The number of aryl methyl sites for hydroxylation is 1. The minimum atomic E-state index is -2.65. The van der Waals surface area contributed by atoms with Gasteiger partial charge < -0.3 is 35.6 Å². The second-order valence-electron chi connectivity index (χ2n) is 13.1. The van der Waals surface area contributed by atoms with Gasteiger partial charge in [0, 0.05) is 47.0 Å². The average molecular weight is 604 g/mol. The molecule has 4 aliphatic carbocycles. The number of carbonyl (C=O) groups is 3. The van der Waals surface area contributed by atoms with Crippen LogP contribution in [0.25, 0.3) is 16.5 Å². The standard InChI is InChI=1S/C34H37NO9/c1-43-30-19-7-6-16(5-4-15-2-3-15)12-20(19)27(36)25-21(30)13-18-14-22-23(17-8-10-44-11-9-17)28(37)26(33(35)41)32(40)34(22,42)31(39)24(18)29(25)38/h6-7,12,15,17-18,22-23,36,38,40,42H,2-5,8-11,13-14H2,1H3,(H2,35,41)/t18-,22-,23-,34-/m0/s1. The number of ketones is 2. The van der Waals surface area contributed by atoms with Crippen molar-refractivity contribution < 1.29 is 44.3 Å². The predicted octanol–water partition coefficient (Wildman–Crippen LogP) is 3.58. The molecule has 7 rings (SSSR count). The lowest BCUT2D eigenvalue weighted by Gasteiger charge is -2.51. The van der Waals surface area contributed by atoms with Crippen molar-refractivity contribution in [2.24, 2.45) is 35.3 Å². The van der Waals surface area contributed by atoms with E-state index in [1.54, 1.807) is 0 Å². The maximum atomic E-state index is 14.3. The van der Waals surface area contributed by atoms with Gasteiger partial charge in [0.25, 0.3) is 5.91 Å². The van der Waals surface area contributed by atoms with Crippen LogP contribution in [0.3, 0.4) is 0 Å². The topological polar surface area (TPSA) is 177 Å². The van der Waals surface area contributed by atoms with E-state index >= 15 is 0 Å². The second-order valence-corrected chi connectivity index (χ2v) is 13.1. The van der Waals surface area contributed by atoms with Crippen LogP contribution in [0.15, 0.2) is 35.1 Å². The summed E-state index contributed by atoms with van der Waals surface area (Å²) < 4.78 is 11.3. The molecule has 1 heterocycles. The molecule has 2 aromatic carbocycles. The average Bonchev–Trinajstić information content (AvgIpc) is 3.83. The molecule has 0 unspecified atom stereocenters. The summed E-state index contributed by atoms with van der Waals surface area (Å²) >= 11 is 0. The molecule has 10 heteroatoms. The molecule has 1 saturated heterocycles. The van der Waals surface area contributed by atoms with Gasteiger partial charge in [-0.15, -0.1) is 0 Å². The van der Waals surface area contributed by atoms with Gasteiger partial charge in [0.15, 0.2) is 11.4 Å². The van der Waals surface area contributed by atoms with Crippen molar-refractivity contribution in [1.82, 2.24) is 0 Å². The number of primary amides is 1. The van der Waals surface area contributed by atoms with Gasteiger partial charge in [-0.1, -0.05) is 25.0 Å². The number of carbonyl (C=O) groups excluding carboxylic acids is 3. The first-order valence-electron chi connectivity index (χ1n) is 15.5. The maximum Gasteiger partial charge on any atom is 0.255 e. The minimum absolute atomic E-state index is 0.0433. The van der Waals surface area contributed by atoms with E-state index in [0.717, 1.165) is 24.3 Å². The van der Waals surface area contributed by atoms with E-state index in [9.17, 15) is 34.8 Å². The van der Waals surface area contributed by atoms with Gasteiger partial charge in [0.2, 0.25) is 5.78 Å². The van der Waals surface area contributed by atoms with E-state index in [4.69, 9.17) is 15.2 Å². The van der Waals surface area contributed by atoms with E-state index in [2.05, 4.69) is 0 Å². The number of phenols is 1. The number of nitrogens with two attached hydrogens (primary N) is 1. The van der Waals surface area contributed by atoms with Crippen molar-refractivity contribution in [3.63, 3.8) is 0 Å². The molecule has 3 fully saturated rings. The number of ether oxygens (including phenoxy) is 2. The zero-order valence-corrected chi connectivity index (χ0v) is 24.6. The summed E-state index contributed by atoms with van der Waals surface area (Å²) in [6.45, 7) is 0.757. The monoisotopic (exact) mass is 603 g/mol. The molecule has 232 valence electrons. The van der Waals surface area contributed by atoms with Gasteiger partial charge in [-0.25, -0.2) is 0 Å². The van der Waals surface area contributed by atoms with Gasteiger partial charge in [-0.05, 0) is 67.9 Å². The number of Topliss-reactive ketones (excluding diaryl/α,β-unsaturated/α-hetero) is 2. The van der Waals surface area contributed by atoms with E-state index in [1.165, 1.54) is 20.0 Å². The lowest BCUT2D eigenvalue weighted by Crippen LogP contribution is -2.62. The smallest absolute Gasteiger partial charge is 0.255 e. The van der Waals surface area contributed by atoms with Crippen LogP contribution in [0, 0.1) is 29.6 Å². The Morgan fingerprint density at radius 3 is 2.48 bits per heavy atom. The van der Waals surface area contributed by atoms with Crippen LogP contribution >= 0.6 is 0 Å². The summed E-state index contributed by atoms with van der Waals surface area (Å²) in [5.41, 5.74) is 3.53. The van der Waals surface area contributed by atoms with E-state index in [0.29, 0.717) is 48.1 Å². The fourth-order valence-electron chi connectivity index (χ4n) is 8.38. The molecule has 4 atom stereocenters. The van der Waals surface area contributed by atoms with Crippen LogP contribution in [0.1, 0.15) is 55.2 Å². The van der Waals surface area contributed by atoms with Crippen LogP contribution in [0.5, 0.6) is 11.5 Å². The summed E-state index contributed by atoms with van der Waals surface area (Å²) in [5, 5.41) is 47.8. The van der Waals surface area contributed by atoms with Crippen LogP contribution in [0.2, 0.25) is 0 Å². The molecule has 1 amide bonds. The highest BCUT2D eigenvalue weighted by Gasteiger charge is 2.64. The Morgan fingerprint density at radius 2 is 1.82 bits per heavy atom. The molecule has 0 radical (unpaired) electrons. The van der Waals surface area contributed by atoms with Gasteiger partial charge in [-0.3, -0.25) is 14.4 Å². The van der Waals surface area contributed by atoms with Crippen LogP contribution in [-0.2, 0) is 32.0 Å². The zero-order chi connectivity index (χ0) is 31.1. The first-order chi connectivity index (χ1) is 21.1. The number of fused-ring (bicyclic) bond motifs is 4. The third kappa shape index (κ3) is 4.10. The summed E-state index contributed by atoms with van der Waals surface area (Å²) in [6.07, 6.45) is 5.57. The summed E-state index contributed by atoms with van der Waals surface area (Å²) in [7, 11) is 1.52. The van der Waals surface area contributed by atoms with Gasteiger partial charge in [0.05, 0.1) is 12.7 Å². The number of aromatic hydroxyl groups is 1. The van der Waals surface area contributed by atoms with Crippen molar-refractivity contribution in [3.8, 4) is 11.5 Å². The fourth-order valence-corrected chi connectivity index (χ4v) is 8.38. The third-order valence-corrected chi connectivity index (χ3v) is 10.8. The van der Waals surface area contributed by atoms with Gasteiger partial charge >= 0.3 is 0 Å². The first kappa shape index (κ1) is 28.9. The van der Waals surface area contributed by atoms with E-state index in [-0.39, 0.29) is 35.6 Å². The maximum absolute atomic E-state index is 14.3. The number of hydrogen-bond acceptors (Lipinski definition) is 9. The number of rotatable bonds is 6. The van der Waals surface area contributed by atoms with Crippen molar-refractivity contribution in [3.05, 3.63) is 51.8 Å². The van der Waals surface area contributed by atoms with Crippen LogP contribution in [-0.4, -0.2) is 63.8 Å². The van der Waals surface area contributed by atoms with E-state index < -0.39 is 57.9 Å². The highest BCUT2D eigenvalue weighted by Crippen LogP contribution is 2.57. The molecule has 44 heavy (non-hydrogen) atoms. The molecule has 0 bridgehead atoms. The number of benzene rings is 2. The SMILES string of the molecule is COc1c2c(c(O)c3cc(CCC4CC4)ccc13)C(O)=C1C(=O)[C@]3(O)C(O)=C(C(N)=O)C(=O)[C@@H](C4CCOCC4)[C@@H]3C[C@@H]1C2. The molecular formula is C34H37NO9. The molecule has 0 aromatic heterocycles. The third-order valence-electron chi connectivity index (χ3n) is 10.8. The second kappa shape index (κ2) is 10.3. The molecule has 1 aliphatic heterocycles. The fraction of sp³-hybridized carbons (Fsp3) is 0.500. The Bertz CT molecular complexity index is 1680. The number of aliphatic hydroxyl groups excluding tert-OH is 2. The Kier molecular flexibility index (Phi) is 6.78. The van der Waals surface area contributed by atoms with Crippen molar-refractivity contribution in [2.75, 3.05) is 20.3 Å². The van der Waals surface area contributed by atoms with Crippen LogP contribution in [0.4, 0.5) is 0 Å². The first-order valence-corrected chi connectivity index (χ1v) is 15.5. The molecule has 5 aliphatic rings. The zero-order valence-electron chi connectivity index (χ0n) is 24.6. The van der Waals surface area contributed by atoms with Gasteiger partial charge in [0.1, 0.15) is 28.6 Å². The summed E-state index contributed by atoms with van der Waals surface area (Å²) in [5.74, 6) is -6.48. The lowest BCUT2D eigenvalue weighted by atomic mass is 9.53. The number of aliphatic hydroxyl groups is 3. The number of methoxy groups -OCH3 is 1. The molecule has 2 aromatic rings. The molecule has 0 spiro atoms. The quantitative estimate of drug-likeness (QED) is 0.309. The Hall–Kier alpha value is -3.89. The normalized spacial score (nSPS) is 29.0. The number of phenolic OH excluding ortho intramolecular Hbond substituents is 1. The Labute approximate surface area is 254 Å². The lowest BCUT2D eigenvalue weighted by molar-refractivity contribution is -0.157. The van der Waals surface area contributed by atoms with Crippen molar-refractivity contribution in [2.45, 2.75) is 57.0 Å². The molecular weight excluding hydrogens is 566 g/mol. The Balaban J connectivity index is 1.39.